The normalized spacial score (nSPS) is 18.7. The smallest absolute Gasteiger partial charge is 0.262 e. The zero-order valence-corrected chi connectivity index (χ0v) is 11.4. The molecule has 0 unspecified atom stereocenters. The summed E-state index contributed by atoms with van der Waals surface area (Å²) in [7, 11) is 0. The van der Waals surface area contributed by atoms with Gasteiger partial charge in [-0.05, 0) is 24.8 Å². The Balaban J connectivity index is 1.72. The van der Waals surface area contributed by atoms with Crippen LogP contribution in [-0.4, -0.2) is 19.1 Å². The molecule has 1 heterocycles. The SMILES string of the molecule is O=C1COc2cc(NCC3CCCC3)c(Cl)cc2N1. The molecule has 1 aliphatic carbocycles. The first-order chi connectivity index (χ1) is 9.22. The molecular formula is C14H17ClN2O2. The summed E-state index contributed by atoms with van der Waals surface area (Å²) in [5, 5.41) is 6.75. The molecule has 2 N–H and O–H groups in total. The van der Waals surface area contributed by atoms with Crippen LogP contribution >= 0.6 is 11.6 Å². The highest BCUT2D eigenvalue weighted by atomic mass is 35.5. The Bertz CT molecular complexity index is 498. The molecule has 0 saturated heterocycles. The maximum Gasteiger partial charge on any atom is 0.262 e. The van der Waals surface area contributed by atoms with Crippen molar-refractivity contribution in [1.29, 1.82) is 0 Å². The number of fused-ring (bicyclic) bond motifs is 1. The minimum absolute atomic E-state index is 0.0662. The summed E-state index contributed by atoms with van der Waals surface area (Å²) in [5.41, 5.74) is 1.52. The molecule has 19 heavy (non-hydrogen) atoms. The molecule has 3 rings (SSSR count). The van der Waals surface area contributed by atoms with Gasteiger partial charge in [0.05, 0.1) is 16.4 Å². The topological polar surface area (TPSA) is 50.4 Å². The molecule has 2 aliphatic rings. The van der Waals surface area contributed by atoms with Crippen molar-refractivity contribution in [3.63, 3.8) is 0 Å². The largest absolute Gasteiger partial charge is 0.482 e. The van der Waals surface area contributed by atoms with Crippen LogP contribution in [-0.2, 0) is 4.79 Å². The van der Waals surface area contributed by atoms with Gasteiger partial charge in [0, 0.05) is 12.6 Å². The van der Waals surface area contributed by atoms with Gasteiger partial charge in [0.25, 0.3) is 5.91 Å². The summed E-state index contributed by atoms with van der Waals surface area (Å²) in [5.74, 6) is 1.28. The van der Waals surface area contributed by atoms with Crippen molar-refractivity contribution in [2.24, 2.45) is 5.92 Å². The molecule has 1 fully saturated rings. The number of halogens is 1. The minimum atomic E-state index is -0.143. The Labute approximate surface area is 117 Å². The molecule has 5 heteroatoms. The minimum Gasteiger partial charge on any atom is -0.482 e. The number of ether oxygens (including phenoxy) is 1. The number of rotatable bonds is 3. The lowest BCUT2D eigenvalue weighted by molar-refractivity contribution is -0.118. The number of anilines is 2. The molecule has 1 saturated carbocycles. The van der Waals surface area contributed by atoms with Crippen LogP contribution in [0.4, 0.5) is 11.4 Å². The maximum atomic E-state index is 11.2. The summed E-state index contributed by atoms with van der Waals surface area (Å²) >= 11 is 6.23. The summed E-state index contributed by atoms with van der Waals surface area (Å²) < 4.78 is 5.39. The van der Waals surface area contributed by atoms with Crippen molar-refractivity contribution in [2.75, 3.05) is 23.8 Å². The van der Waals surface area contributed by atoms with Crippen LogP contribution in [0.2, 0.25) is 5.02 Å². The average Bonchev–Trinajstić information content (AvgIpc) is 2.89. The van der Waals surface area contributed by atoms with Crippen LogP contribution in [0.1, 0.15) is 25.7 Å². The van der Waals surface area contributed by atoms with Crippen LogP contribution < -0.4 is 15.4 Å². The number of carbonyl (C=O) groups is 1. The molecule has 0 spiro atoms. The zero-order valence-electron chi connectivity index (χ0n) is 10.7. The lowest BCUT2D eigenvalue weighted by Crippen LogP contribution is -2.25. The Morgan fingerprint density at radius 2 is 2.16 bits per heavy atom. The predicted octanol–water partition coefficient (Wildman–Crippen LogP) is 3.27. The van der Waals surface area contributed by atoms with E-state index in [-0.39, 0.29) is 12.5 Å². The summed E-state index contributed by atoms with van der Waals surface area (Å²) in [6.45, 7) is 1.02. The van der Waals surface area contributed by atoms with Crippen LogP contribution in [0, 0.1) is 5.92 Å². The van der Waals surface area contributed by atoms with Crippen molar-refractivity contribution < 1.29 is 9.53 Å². The van der Waals surface area contributed by atoms with E-state index in [1.165, 1.54) is 25.7 Å². The molecule has 1 aliphatic heterocycles. The predicted molar refractivity (Wildman–Crippen MR) is 76.0 cm³/mol. The number of amides is 1. The fraction of sp³-hybridized carbons (Fsp3) is 0.500. The van der Waals surface area contributed by atoms with Gasteiger partial charge >= 0.3 is 0 Å². The molecule has 0 radical (unpaired) electrons. The standard InChI is InChI=1S/C14H17ClN2O2/c15-10-5-12-13(19-8-14(18)17-12)6-11(10)16-7-9-3-1-2-4-9/h5-6,9,16H,1-4,7-8H2,(H,17,18). The van der Waals surface area contributed by atoms with E-state index in [0.29, 0.717) is 16.5 Å². The number of carbonyl (C=O) groups excluding carboxylic acids is 1. The molecule has 102 valence electrons. The van der Waals surface area contributed by atoms with E-state index in [2.05, 4.69) is 10.6 Å². The first kappa shape index (κ1) is 12.6. The van der Waals surface area contributed by atoms with Crippen LogP contribution in [0.5, 0.6) is 5.75 Å². The van der Waals surface area contributed by atoms with Gasteiger partial charge in [-0.3, -0.25) is 4.79 Å². The number of nitrogens with one attached hydrogen (secondary N) is 2. The van der Waals surface area contributed by atoms with E-state index in [1.807, 2.05) is 6.07 Å². The lowest BCUT2D eigenvalue weighted by Gasteiger charge is -2.20. The first-order valence-corrected chi connectivity index (χ1v) is 7.10. The highest BCUT2D eigenvalue weighted by Gasteiger charge is 2.19. The summed E-state index contributed by atoms with van der Waals surface area (Å²) in [6.07, 6.45) is 5.25. The van der Waals surface area contributed by atoms with Crippen molar-refractivity contribution in [2.45, 2.75) is 25.7 Å². The monoisotopic (exact) mass is 280 g/mol. The third-order valence-electron chi connectivity index (χ3n) is 3.76. The van der Waals surface area contributed by atoms with E-state index < -0.39 is 0 Å². The highest BCUT2D eigenvalue weighted by Crippen LogP contribution is 2.36. The van der Waals surface area contributed by atoms with Crippen molar-refractivity contribution >= 4 is 28.9 Å². The summed E-state index contributed by atoms with van der Waals surface area (Å²) in [6, 6.07) is 3.61. The van der Waals surface area contributed by atoms with Crippen molar-refractivity contribution in [3.05, 3.63) is 17.2 Å². The maximum absolute atomic E-state index is 11.2. The Morgan fingerprint density at radius 1 is 1.37 bits per heavy atom. The second-order valence-corrected chi connectivity index (χ2v) is 5.60. The third-order valence-corrected chi connectivity index (χ3v) is 4.07. The van der Waals surface area contributed by atoms with Gasteiger partial charge in [0.1, 0.15) is 5.75 Å². The molecule has 0 aromatic heterocycles. The Morgan fingerprint density at radius 3 is 2.95 bits per heavy atom. The van der Waals surface area contributed by atoms with E-state index in [4.69, 9.17) is 16.3 Å². The highest BCUT2D eigenvalue weighted by molar-refractivity contribution is 6.33. The quantitative estimate of drug-likeness (QED) is 0.893. The Kier molecular flexibility index (Phi) is 3.51. The first-order valence-electron chi connectivity index (χ1n) is 6.72. The van der Waals surface area contributed by atoms with Gasteiger partial charge in [-0.1, -0.05) is 24.4 Å². The fourth-order valence-electron chi connectivity index (χ4n) is 2.70. The third kappa shape index (κ3) is 2.78. The molecule has 1 aromatic rings. The molecule has 1 amide bonds. The molecular weight excluding hydrogens is 264 g/mol. The van der Waals surface area contributed by atoms with E-state index in [9.17, 15) is 4.79 Å². The zero-order chi connectivity index (χ0) is 13.2. The van der Waals surface area contributed by atoms with Gasteiger partial charge < -0.3 is 15.4 Å². The van der Waals surface area contributed by atoms with E-state index >= 15 is 0 Å². The van der Waals surface area contributed by atoms with E-state index in [1.54, 1.807) is 6.07 Å². The summed E-state index contributed by atoms with van der Waals surface area (Å²) in [4.78, 5) is 11.2. The number of hydrogen-bond donors (Lipinski definition) is 2. The number of benzene rings is 1. The molecule has 4 nitrogen and oxygen atoms in total. The van der Waals surface area contributed by atoms with Crippen LogP contribution in [0.3, 0.4) is 0 Å². The number of hydrogen-bond acceptors (Lipinski definition) is 3. The van der Waals surface area contributed by atoms with Crippen LogP contribution in [0.25, 0.3) is 0 Å². The lowest BCUT2D eigenvalue weighted by atomic mass is 10.1. The van der Waals surface area contributed by atoms with Crippen molar-refractivity contribution in [3.8, 4) is 5.75 Å². The van der Waals surface area contributed by atoms with Gasteiger partial charge in [-0.25, -0.2) is 0 Å². The molecule has 1 aromatic carbocycles. The molecule has 0 bridgehead atoms. The van der Waals surface area contributed by atoms with Gasteiger partial charge in [-0.2, -0.15) is 0 Å². The van der Waals surface area contributed by atoms with Gasteiger partial charge in [0.2, 0.25) is 0 Å². The second-order valence-electron chi connectivity index (χ2n) is 5.20. The molecule has 0 atom stereocenters. The Hall–Kier alpha value is -1.42. The van der Waals surface area contributed by atoms with Gasteiger partial charge in [0.15, 0.2) is 6.61 Å². The second kappa shape index (κ2) is 5.29. The fourth-order valence-corrected chi connectivity index (χ4v) is 2.93. The van der Waals surface area contributed by atoms with Crippen LogP contribution in [0.15, 0.2) is 12.1 Å². The van der Waals surface area contributed by atoms with E-state index in [0.717, 1.165) is 18.2 Å². The average molecular weight is 281 g/mol. The van der Waals surface area contributed by atoms with Gasteiger partial charge in [-0.15, -0.1) is 0 Å². The van der Waals surface area contributed by atoms with Crippen molar-refractivity contribution in [1.82, 2.24) is 0 Å².